The maximum atomic E-state index is 11.8. The Bertz CT molecular complexity index is 472. The largest absolute Gasteiger partial charge is 0.337 e. The minimum Gasteiger partial charge on any atom is -0.337 e. The van der Waals surface area contributed by atoms with E-state index >= 15 is 0 Å². The van der Waals surface area contributed by atoms with Gasteiger partial charge in [-0.2, -0.15) is 5.26 Å². The van der Waals surface area contributed by atoms with Crippen molar-refractivity contribution >= 4 is 29.0 Å². The Morgan fingerprint density at radius 3 is 2.94 bits per heavy atom. The zero-order chi connectivity index (χ0) is 13.0. The van der Waals surface area contributed by atoms with Crippen molar-refractivity contribution in [3.8, 4) is 6.07 Å². The van der Waals surface area contributed by atoms with Crippen molar-refractivity contribution in [3.63, 3.8) is 0 Å². The van der Waals surface area contributed by atoms with Crippen LogP contribution in [0.1, 0.15) is 31.4 Å². The molecule has 1 aliphatic rings. The summed E-state index contributed by atoms with van der Waals surface area (Å²) in [7, 11) is 0. The number of hydrogen-bond donors (Lipinski definition) is 1. The maximum absolute atomic E-state index is 11.8. The van der Waals surface area contributed by atoms with Crippen LogP contribution in [0.25, 0.3) is 0 Å². The second-order valence-corrected chi connectivity index (χ2v) is 6.57. The van der Waals surface area contributed by atoms with Gasteiger partial charge in [-0.15, -0.1) is 11.3 Å². The van der Waals surface area contributed by atoms with Gasteiger partial charge in [0, 0.05) is 11.1 Å². The summed E-state index contributed by atoms with van der Waals surface area (Å²) in [4.78, 5) is 16.1. The Balaban J connectivity index is 1.83. The lowest BCUT2D eigenvalue weighted by molar-refractivity contribution is -0.119. The predicted octanol–water partition coefficient (Wildman–Crippen LogP) is 2.50. The highest BCUT2D eigenvalue weighted by Crippen LogP contribution is 2.29. The molecule has 0 spiro atoms. The van der Waals surface area contributed by atoms with Crippen molar-refractivity contribution in [3.05, 3.63) is 11.1 Å². The number of amides is 1. The van der Waals surface area contributed by atoms with E-state index in [1.165, 1.54) is 11.8 Å². The summed E-state index contributed by atoms with van der Waals surface area (Å²) in [6, 6.07) is 2.26. The highest BCUT2D eigenvalue weighted by Gasteiger charge is 2.35. The third-order valence-electron chi connectivity index (χ3n) is 2.97. The Morgan fingerprint density at radius 1 is 1.67 bits per heavy atom. The highest BCUT2D eigenvalue weighted by atomic mass is 32.2. The molecule has 0 saturated heterocycles. The zero-order valence-electron chi connectivity index (χ0n) is 10.2. The van der Waals surface area contributed by atoms with E-state index in [1.54, 1.807) is 11.3 Å². The molecule has 4 nitrogen and oxygen atoms in total. The summed E-state index contributed by atoms with van der Waals surface area (Å²) in [5.41, 5.74) is 0.364. The van der Waals surface area contributed by atoms with Gasteiger partial charge in [-0.3, -0.25) is 4.79 Å². The van der Waals surface area contributed by atoms with E-state index in [0.29, 0.717) is 5.75 Å². The average Bonchev–Trinajstić information content (AvgIpc) is 2.97. The fourth-order valence-electron chi connectivity index (χ4n) is 2.07. The van der Waals surface area contributed by atoms with E-state index in [-0.39, 0.29) is 5.91 Å². The predicted molar refractivity (Wildman–Crippen MR) is 72.5 cm³/mol. The molecule has 0 aromatic carbocycles. The van der Waals surface area contributed by atoms with E-state index in [4.69, 9.17) is 0 Å². The van der Waals surface area contributed by atoms with E-state index in [0.717, 1.165) is 35.7 Å². The minimum absolute atomic E-state index is 0.0729. The van der Waals surface area contributed by atoms with Gasteiger partial charge in [0.2, 0.25) is 5.91 Å². The first-order valence-electron chi connectivity index (χ1n) is 5.91. The molecule has 0 radical (unpaired) electrons. The van der Waals surface area contributed by atoms with Crippen molar-refractivity contribution in [1.29, 1.82) is 5.26 Å². The molecule has 0 atom stereocenters. The fraction of sp³-hybridized carbons (Fsp3) is 0.583. The van der Waals surface area contributed by atoms with Gasteiger partial charge in [-0.25, -0.2) is 4.98 Å². The van der Waals surface area contributed by atoms with Crippen molar-refractivity contribution in [2.45, 2.75) is 42.5 Å². The van der Waals surface area contributed by atoms with E-state index in [1.807, 2.05) is 12.3 Å². The van der Waals surface area contributed by atoms with E-state index < -0.39 is 5.54 Å². The van der Waals surface area contributed by atoms with Crippen LogP contribution in [0.3, 0.4) is 0 Å². The lowest BCUT2D eigenvalue weighted by Gasteiger charge is -2.21. The molecule has 1 N–H and O–H groups in total. The summed E-state index contributed by atoms with van der Waals surface area (Å²) in [6.45, 7) is 1.93. The lowest BCUT2D eigenvalue weighted by Crippen LogP contribution is -2.45. The second-order valence-electron chi connectivity index (χ2n) is 4.49. The highest BCUT2D eigenvalue weighted by molar-refractivity contribution is 8.01. The number of carbonyl (C=O) groups excluding carboxylic acids is 1. The number of hydrogen-bond acceptors (Lipinski definition) is 5. The topological polar surface area (TPSA) is 65.8 Å². The molecule has 1 aromatic heterocycles. The van der Waals surface area contributed by atoms with Crippen molar-refractivity contribution in [2.75, 3.05) is 5.75 Å². The van der Waals surface area contributed by atoms with Crippen LogP contribution in [-0.4, -0.2) is 22.2 Å². The summed E-state index contributed by atoms with van der Waals surface area (Å²) >= 11 is 2.97. The van der Waals surface area contributed by atoms with Crippen LogP contribution in [0.15, 0.2) is 9.72 Å². The van der Waals surface area contributed by atoms with Gasteiger partial charge in [-0.05, 0) is 32.6 Å². The van der Waals surface area contributed by atoms with Gasteiger partial charge < -0.3 is 5.32 Å². The third kappa shape index (κ3) is 3.24. The monoisotopic (exact) mass is 281 g/mol. The molecule has 0 aliphatic heterocycles. The van der Waals surface area contributed by atoms with Gasteiger partial charge in [0.25, 0.3) is 0 Å². The van der Waals surface area contributed by atoms with Crippen LogP contribution in [0, 0.1) is 18.3 Å². The molecule has 2 rings (SSSR count). The van der Waals surface area contributed by atoms with Crippen LogP contribution in [0.4, 0.5) is 0 Å². The number of thiazole rings is 1. The molecular weight excluding hydrogens is 266 g/mol. The smallest absolute Gasteiger partial charge is 0.231 e. The number of aryl methyl sites for hydroxylation is 1. The van der Waals surface area contributed by atoms with Crippen molar-refractivity contribution in [1.82, 2.24) is 10.3 Å². The molecule has 1 fully saturated rings. The van der Waals surface area contributed by atoms with Crippen LogP contribution >= 0.6 is 23.1 Å². The molecule has 1 saturated carbocycles. The van der Waals surface area contributed by atoms with Crippen molar-refractivity contribution < 1.29 is 4.79 Å². The van der Waals surface area contributed by atoms with Crippen LogP contribution in [0.2, 0.25) is 0 Å². The van der Waals surface area contributed by atoms with E-state index in [9.17, 15) is 10.1 Å². The number of carbonyl (C=O) groups is 1. The molecule has 1 aliphatic carbocycles. The molecule has 96 valence electrons. The normalized spacial score (nSPS) is 17.3. The Hall–Kier alpha value is -1.06. The lowest BCUT2D eigenvalue weighted by atomic mass is 10.0. The van der Waals surface area contributed by atoms with Gasteiger partial charge in [0.05, 0.1) is 11.8 Å². The summed E-state index contributed by atoms with van der Waals surface area (Å²) in [6.07, 6.45) is 3.59. The molecule has 0 bridgehead atoms. The van der Waals surface area contributed by atoms with Crippen LogP contribution in [-0.2, 0) is 4.79 Å². The number of nitrogens with one attached hydrogen (secondary N) is 1. The minimum atomic E-state index is -0.615. The zero-order valence-corrected chi connectivity index (χ0v) is 11.9. The Labute approximate surface area is 115 Å². The average molecular weight is 281 g/mol. The first kappa shape index (κ1) is 13.4. The maximum Gasteiger partial charge on any atom is 0.231 e. The molecule has 1 heterocycles. The molecule has 6 heteroatoms. The van der Waals surface area contributed by atoms with Gasteiger partial charge in [0.1, 0.15) is 5.54 Å². The SMILES string of the molecule is Cc1csc(SCC(=O)NC2(C#N)CCCC2)n1. The third-order valence-corrected chi connectivity index (χ3v) is 5.11. The number of nitriles is 1. The molecule has 0 unspecified atom stereocenters. The number of aromatic nitrogens is 1. The number of thioether (sulfide) groups is 1. The van der Waals surface area contributed by atoms with Crippen LogP contribution < -0.4 is 5.32 Å². The Kier molecular flexibility index (Phi) is 4.25. The second kappa shape index (κ2) is 5.72. The van der Waals surface area contributed by atoms with E-state index in [2.05, 4.69) is 16.4 Å². The van der Waals surface area contributed by atoms with Crippen LogP contribution in [0.5, 0.6) is 0 Å². The summed E-state index contributed by atoms with van der Waals surface area (Å²) in [5.74, 6) is 0.257. The fourth-order valence-corrected chi connectivity index (χ4v) is 3.72. The Morgan fingerprint density at radius 2 is 2.39 bits per heavy atom. The molecule has 18 heavy (non-hydrogen) atoms. The summed E-state index contributed by atoms with van der Waals surface area (Å²) < 4.78 is 0.903. The first-order valence-corrected chi connectivity index (χ1v) is 7.77. The van der Waals surface area contributed by atoms with Gasteiger partial charge in [0.15, 0.2) is 4.34 Å². The number of nitrogens with zero attached hydrogens (tertiary/aromatic N) is 2. The quantitative estimate of drug-likeness (QED) is 0.861. The van der Waals surface area contributed by atoms with Crippen molar-refractivity contribution in [2.24, 2.45) is 0 Å². The standard InChI is InChI=1S/C12H15N3OS2/c1-9-6-17-11(14-9)18-7-10(16)15-12(8-13)4-2-3-5-12/h6H,2-5,7H2,1H3,(H,15,16). The first-order chi connectivity index (χ1) is 8.63. The molecule has 1 amide bonds. The molecular formula is C12H15N3OS2. The number of rotatable bonds is 4. The molecule has 1 aromatic rings. The summed E-state index contributed by atoms with van der Waals surface area (Å²) in [5, 5.41) is 14.0. The van der Waals surface area contributed by atoms with Gasteiger partial charge >= 0.3 is 0 Å². The van der Waals surface area contributed by atoms with Gasteiger partial charge in [-0.1, -0.05) is 11.8 Å².